The van der Waals surface area contributed by atoms with Crippen molar-refractivity contribution in [1.82, 2.24) is 0 Å². The van der Waals surface area contributed by atoms with Crippen molar-refractivity contribution >= 4 is 11.6 Å². The molecule has 1 rings (SSSR count). The van der Waals surface area contributed by atoms with E-state index in [9.17, 15) is 4.79 Å². The van der Waals surface area contributed by atoms with Crippen LogP contribution in [0.3, 0.4) is 0 Å². The molecule has 1 aromatic rings. The van der Waals surface area contributed by atoms with E-state index >= 15 is 0 Å². The van der Waals surface area contributed by atoms with Gasteiger partial charge in [-0.1, -0.05) is 0 Å². The fourth-order valence-corrected chi connectivity index (χ4v) is 1.36. The Kier molecular flexibility index (Phi) is 3.55. The number of carbonyl (C=O) groups excluding carboxylic acids is 1. The van der Waals surface area contributed by atoms with Crippen LogP contribution in [0.4, 0.5) is 5.69 Å². The smallest absolute Gasteiger partial charge is 0.221 e. The lowest BCUT2D eigenvalue weighted by molar-refractivity contribution is -0.114. The summed E-state index contributed by atoms with van der Waals surface area (Å²) in [5.74, 6) is 1.26. The standard InChI is InChI=1S/C11H15NO3/c1-7-10(14-3)5-9(12-8(2)13)6-11(7)15-4/h5-6H,1-4H3,(H,12,13). The minimum atomic E-state index is -0.122. The van der Waals surface area contributed by atoms with E-state index in [0.717, 1.165) is 5.56 Å². The summed E-state index contributed by atoms with van der Waals surface area (Å²) in [5, 5.41) is 2.68. The van der Waals surface area contributed by atoms with Gasteiger partial charge in [0.1, 0.15) is 11.5 Å². The molecule has 0 saturated heterocycles. The van der Waals surface area contributed by atoms with Crippen LogP contribution >= 0.6 is 0 Å². The molecule has 0 bridgehead atoms. The molecular formula is C11H15NO3. The molecule has 0 aromatic heterocycles. The fraction of sp³-hybridized carbons (Fsp3) is 0.364. The number of hydrogen-bond donors (Lipinski definition) is 1. The fourth-order valence-electron chi connectivity index (χ4n) is 1.36. The van der Waals surface area contributed by atoms with E-state index in [1.165, 1.54) is 6.92 Å². The number of anilines is 1. The van der Waals surface area contributed by atoms with Crippen LogP contribution in [0.2, 0.25) is 0 Å². The Labute approximate surface area is 89.2 Å². The van der Waals surface area contributed by atoms with Gasteiger partial charge in [0.25, 0.3) is 0 Å². The third-order valence-corrected chi connectivity index (χ3v) is 2.07. The van der Waals surface area contributed by atoms with Crippen molar-refractivity contribution in [3.05, 3.63) is 17.7 Å². The molecule has 1 N–H and O–H groups in total. The second kappa shape index (κ2) is 4.68. The van der Waals surface area contributed by atoms with Gasteiger partial charge in [0.15, 0.2) is 0 Å². The van der Waals surface area contributed by atoms with Crippen molar-refractivity contribution in [1.29, 1.82) is 0 Å². The number of amides is 1. The second-order valence-electron chi connectivity index (χ2n) is 3.19. The molecule has 0 fully saturated rings. The zero-order chi connectivity index (χ0) is 11.4. The van der Waals surface area contributed by atoms with Crippen molar-refractivity contribution in [2.24, 2.45) is 0 Å². The number of nitrogens with one attached hydrogen (secondary N) is 1. The number of benzene rings is 1. The highest BCUT2D eigenvalue weighted by Crippen LogP contribution is 2.31. The first-order chi connectivity index (χ1) is 7.08. The molecule has 0 heterocycles. The predicted octanol–water partition coefficient (Wildman–Crippen LogP) is 1.97. The lowest BCUT2D eigenvalue weighted by atomic mass is 10.1. The average molecular weight is 209 g/mol. The highest BCUT2D eigenvalue weighted by molar-refractivity contribution is 5.89. The van der Waals surface area contributed by atoms with Crippen molar-refractivity contribution in [2.45, 2.75) is 13.8 Å². The van der Waals surface area contributed by atoms with Crippen LogP contribution in [0, 0.1) is 6.92 Å². The normalized spacial score (nSPS) is 9.60. The van der Waals surface area contributed by atoms with E-state index in [2.05, 4.69) is 5.32 Å². The zero-order valence-electron chi connectivity index (χ0n) is 9.38. The Morgan fingerprint density at radius 2 is 1.67 bits per heavy atom. The summed E-state index contributed by atoms with van der Waals surface area (Å²) >= 11 is 0. The molecule has 82 valence electrons. The Hall–Kier alpha value is -1.71. The van der Waals surface area contributed by atoms with Crippen LogP contribution in [-0.2, 0) is 4.79 Å². The first-order valence-corrected chi connectivity index (χ1v) is 4.58. The first-order valence-electron chi connectivity index (χ1n) is 4.58. The monoisotopic (exact) mass is 209 g/mol. The summed E-state index contributed by atoms with van der Waals surface area (Å²) in [4.78, 5) is 10.9. The first kappa shape index (κ1) is 11.4. The molecule has 0 spiro atoms. The summed E-state index contributed by atoms with van der Waals surface area (Å²) in [6.07, 6.45) is 0. The van der Waals surface area contributed by atoms with E-state index in [0.29, 0.717) is 17.2 Å². The number of hydrogen-bond acceptors (Lipinski definition) is 3. The molecule has 0 aliphatic rings. The van der Waals surface area contributed by atoms with Crippen molar-refractivity contribution in [3.63, 3.8) is 0 Å². The zero-order valence-corrected chi connectivity index (χ0v) is 9.38. The molecule has 1 amide bonds. The molecule has 0 atom stereocenters. The van der Waals surface area contributed by atoms with Gasteiger partial charge in [-0.15, -0.1) is 0 Å². The Bertz CT molecular complexity index is 349. The maximum atomic E-state index is 10.9. The van der Waals surface area contributed by atoms with Crippen LogP contribution in [0.25, 0.3) is 0 Å². The lowest BCUT2D eigenvalue weighted by Crippen LogP contribution is -2.06. The van der Waals surface area contributed by atoms with Crippen molar-refractivity contribution in [3.8, 4) is 11.5 Å². The van der Waals surface area contributed by atoms with Gasteiger partial charge in [-0.2, -0.15) is 0 Å². The summed E-state index contributed by atoms with van der Waals surface area (Å²) in [7, 11) is 3.17. The molecule has 0 aliphatic carbocycles. The largest absolute Gasteiger partial charge is 0.496 e. The Morgan fingerprint density at radius 3 is 2.00 bits per heavy atom. The van der Waals surface area contributed by atoms with Crippen LogP contribution in [0.1, 0.15) is 12.5 Å². The van der Waals surface area contributed by atoms with Crippen LogP contribution in [-0.4, -0.2) is 20.1 Å². The quantitative estimate of drug-likeness (QED) is 0.827. The summed E-state index contributed by atoms with van der Waals surface area (Å²) in [6.45, 7) is 3.36. The topological polar surface area (TPSA) is 47.6 Å². The minimum absolute atomic E-state index is 0.122. The third kappa shape index (κ3) is 2.62. The summed E-state index contributed by atoms with van der Waals surface area (Å²) in [5.41, 5.74) is 1.58. The lowest BCUT2D eigenvalue weighted by Gasteiger charge is -2.12. The van der Waals surface area contributed by atoms with Gasteiger partial charge in [-0.3, -0.25) is 4.79 Å². The molecule has 0 radical (unpaired) electrons. The highest BCUT2D eigenvalue weighted by atomic mass is 16.5. The van der Waals surface area contributed by atoms with E-state index in [1.807, 2.05) is 6.92 Å². The van der Waals surface area contributed by atoms with Gasteiger partial charge in [-0.05, 0) is 6.92 Å². The molecule has 4 heteroatoms. The molecule has 0 aliphatic heterocycles. The summed E-state index contributed by atoms with van der Waals surface area (Å²) < 4.78 is 10.4. The maximum Gasteiger partial charge on any atom is 0.221 e. The van der Waals surface area contributed by atoms with E-state index in [-0.39, 0.29) is 5.91 Å². The molecule has 4 nitrogen and oxygen atoms in total. The van der Waals surface area contributed by atoms with E-state index in [1.54, 1.807) is 26.4 Å². The van der Waals surface area contributed by atoms with Crippen LogP contribution in [0.5, 0.6) is 11.5 Å². The molecular weight excluding hydrogens is 194 g/mol. The van der Waals surface area contributed by atoms with E-state index < -0.39 is 0 Å². The van der Waals surface area contributed by atoms with Crippen LogP contribution < -0.4 is 14.8 Å². The van der Waals surface area contributed by atoms with Crippen molar-refractivity contribution < 1.29 is 14.3 Å². The SMILES string of the molecule is COc1cc(NC(C)=O)cc(OC)c1C. The maximum absolute atomic E-state index is 10.9. The predicted molar refractivity (Wildman–Crippen MR) is 58.6 cm³/mol. The van der Waals surface area contributed by atoms with Crippen LogP contribution in [0.15, 0.2) is 12.1 Å². The van der Waals surface area contributed by atoms with Gasteiger partial charge in [-0.25, -0.2) is 0 Å². The molecule has 0 unspecified atom stereocenters. The molecule has 0 saturated carbocycles. The van der Waals surface area contributed by atoms with Gasteiger partial charge in [0.05, 0.1) is 14.2 Å². The van der Waals surface area contributed by atoms with Gasteiger partial charge >= 0.3 is 0 Å². The average Bonchev–Trinajstić information content (AvgIpc) is 2.19. The van der Waals surface area contributed by atoms with E-state index in [4.69, 9.17) is 9.47 Å². The Balaban J connectivity index is 3.14. The summed E-state index contributed by atoms with van der Waals surface area (Å²) in [6, 6.07) is 3.53. The number of ether oxygens (including phenoxy) is 2. The minimum Gasteiger partial charge on any atom is -0.496 e. The number of methoxy groups -OCH3 is 2. The van der Waals surface area contributed by atoms with Gasteiger partial charge in [0, 0.05) is 30.3 Å². The van der Waals surface area contributed by atoms with Gasteiger partial charge < -0.3 is 14.8 Å². The molecule has 15 heavy (non-hydrogen) atoms. The Morgan fingerprint density at radius 1 is 1.20 bits per heavy atom. The second-order valence-corrected chi connectivity index (χ2v) is 3.19. The molecule has 1 aromatic carbocycles. The number of carbonyl (C=O) groups is 1. The van der Waals surface area contributed by atoms with Gasteiger partial charge in [0.2, 0.25) is 5.91 Å². The van der Waals surface area contributed by atoms with Crippen molar-refractivity contribution in [2.75, 3.05) is 19.5 Å². The highest BCUT2D eigenvalue weighted by Gasteiger charge is 2.08. The third-order valence-electron chi connectivity index (χ3n) is 2.07. The number of rotatable bonds is 3.